The molecule has 0 fully saturated rings. The predicted octanol–water partition coefficient (Wildman–Crippen LogP) is 3.79. The SMILES string of the molecule is CCCCCCCCCC(=O)OCC.CCOC(N)=O. The Morgan fingerprint density at radius 2 is 1.30 bits per heavy atom. The summed E-state index contributed by atoms with van der Waals surface area (Å²) in [5.41, 5.74) is 4.54. The Hall–Kier alpha value is -1.26. The van der Waals surface area contributed by atoms with Gasteiger partial charge in [-0.05, 0) is 20.3 Å². The van der Waals surface area contributed by atoms with E-state index in [2.05, 4.69) is 17.4 Å². The number of rotatable bonds is 10. The third kappa shape index (κ3) is 22.0. The number of carbonyl (C=O) groups excluding carboxylic acids is 2. The molecular formula is C15H31NO4. The second-order valence-corrected chi connectivity index (χ2v) is 4.43. The van der Waals surface area contributed by atoms with Gasteiger partial charge in [0.1, 0.15) is 0 Å². The average Bonchev–Trinajstić information content (AvgIpc) is 2.38. The van der Waals surface area contributed by atoms with E-state index in [4.69, 9.17) is 4.74 Å². The molecule has 0 aromatic carbocycles. The Balaban J connectivity index is 0. The minimum atomic E-state index is -0.711. The average molecular weight is 289 g/mol. The van der Waals surface area contributed by atoms with Gasteiger partial charge in [-0.2, -0.15) is 0 Å². The summed E-state index contributed by atoms with van der Waals surface area (Å²) >= 11 is 0. The zero-order chi connectivity index (χ0) is 15.6. The van der Waals surface area contributed by atoms with E-state index in [9.17, 15) is 9.59 Å². The van der Waals surface area contributed by atoms with Gasteiger partial charge in [-0.15, -0.1) is 0 Å². The molecule has 0 atom stereocenters. The summed E-state index contributed by atoms with van der Waals surface area (Å²) in [6, 6.07) is 0. The minimum absolute atomic E-state index is 0.0407. The molecule has 0 saturated heterocycles. The van der Waals surface area contributed by atoms with E-state index in [1.165, 1.54) is 38.5 Å². The first-order valence-electron chi connectivity index (χ1n) is 7.66. The summed E-state index contributed by atoms with van der Waals surface area (Å²) in [5, 5.41) is 0. The molecule has 20 heavy (non-hydrogen) atoms. The van der Waals surface area contributed by atoms with Crippen molar-refractivity contribution in [2.45, 2.75) is 72.1 Å². The van der Waals surface area contributed by atoms with Crippen molar-refractivity contribution >= 4 is 12.1 Å². The second kappa shape index (κ2) is 17.7. The quantitative estimate of drug-likeness (QED) is 0.490. The zero-order valence-electron chi connectivity index (χ0n) is 13.3. The molecule has 0 aliphatic heterocycles. The van der Waals surface area contributed by atoms with Crippen molar-refractivity contribution in [3.63, 3.8) is 0 Å². The number of esters is 1. The van der Waals surface area contributed by atoms with Crippen LogP contribution < -0.4 is 5.73 Å². The molecule has 0 bridgehead atoms. The second-order valence-electron chi connectivity index (χ2n) is 4.43. The molecular weight excluding hydrogens is 258 g/mol. The highest BCUT2D eigenvalue weighted by Crippen LogP contribution is 2.08. The number of ether oxygens (including phenoxy) is 2. The Bertz CT molecular complexity index is 232. The predicted molar refractivity (Wildman–Crippen MR) is 80.5 cm³/mol. The standard InChI is InChI=1S/C12H24O2.C3H7NO2/c1-3-5-6-7-8-9-10-11-12(13)14-4-2;1-2-6-3(4)5/h3-11H2,1-2H3;2H2,1H3,(H2,4,5). The van der Waals surface area contributed by atoms with Crippen LogP contribution >= 0.6 is 0 Å². The molecule has 0 unspecified atom stereocenters. The first kappa shape index (κ1) is 21.0. The molecule has 0 aromatic rings. The van der Waals surface area contributed by atoms with Gasteiger partial charge in [-0.1, -0.05) is 45.4 Å². The molecule has 0 heterocycles. The monoisotopic (exact) mass is 289 g/mol. The molecule has 0 spiro atoms. The van der Waals surface area contributed by atoms with Crippen LogP contribution in [0.4, 0.5) is 4.79 Å². The van der Waals surface area contributed by atoms with Crippen molar-refractivity contribution in [1.82, 2.24) is 0 Å². The normalized spacial score (nSPS) is 9.35. The first-order chi connectivity index (χ1) is 9.58. The summed E-state index contributed by atoms with van der Waals surface area (Å²) in [6.45, 7) is 6.64. The van der Waals surface area contributed by atoms with Crippen molar-refractivity contribution in [2.24, 2.45) is 5.73 Å². The minimum Gasteiger partial charge on any atom is -0.466 e. The zero-order valence-corrected chi connectivity index (χ0v) is 13.3. The van der Waals surface area contributed by atoms with Crippen LogP contribution in [0.3, 0.4) is 0 Å². The number of amides is 1. The summed E-state index contributed by atoms with van der Waals surface area (Å²) in [4.78, 5) is 20.6. The third-order valence-electron chi connectivity index (χ3n) is 2.58. The van der Waals surface area contributed by atoms with Crippen molar-refractivity contribution in [3.8, 4) is 0 Å². The molecule has 120 valence electrons. The molecule has 2 N–H and O–H groups in total. The van der Waals surface area contributed by atoms with Gasteiger partial charge in [-0.3, -0.25) is 4.79 Å². The number of hydrogen-bond donors (Lipinski definition) is 1. The molecule has 0 rings (SSSR count). The van der Waals surface area contributed by atoms with E-state index in [1.54, 1.807) is 6.92 Å². The molecule has 0 aliphatic rings. The lowest BCUT2D eigenvalue weighted by Gasteiger charge is -2.01. The number of hydrogen-bond acceptors (Lipinski definition) is 4. The van der Waals surface area contributed by atoms with Crippen LogP contribution in [-0.2, 0) is 14.3 Å². The van der Waals surface area contributed by atoms with Gasteiger partial charge in [-0.25, -0.2) is 4.79 Å². The van der Waals surface area contributed by atoms with Crippen LogP contribution in [0.2, 0.25) is 0 Å². The van der Waals surface area contributed by atoms with Gasteiger partial charge in [0.2, 0.25) is 0 Å². The van der Waals surface area contributed by atoms with Crippen LogP contribution in [0.5, 0.6) is 0 Å². The van der Waals surface area contributed by atoms with Crippen molar-refractivity contribution in [2.75, 3.05) is 13.2 Å². The van der Waals surface area contributed by atoms with Crippen LogP contribution in [0.1, 0.15) is 72.1 Å². The molecule has 0 radical (unpaired) electrons. The van der Waals surface area contributed by atoms with E-state index in [1.807, 2.05) is 6.92 Å². The van der Waals surface area contributed by atoms with Gasteiger partial charge in [0.15, 0.2) is 0 Å². The number of nitrogens with two attached hydrogens (primary N) is 1. The van der Waals surface area contributed by atoms with Gasteiger partial charge in [0.05, 0.1) is 13.2 Å². The van der Waals surface area contributed by atoms with Crippen molar-refractivity contribution in [3.05, 3.63) is 0 Å². The summed E-state index contributed by atoms with van der Waals surface area (Å²) in [6.07, 6.45) is 8.61. The number of primary amides is 1. The Morgan fingerprint density at radius 3 is 1.70 bits per heavy atom. The van der Waals surface area contributed by atoms with Gasteiger partial charge >= 0.3 is 12.1 Å². The van der Waals surface area contributed by atoms with E-state index >= 15 is 0 Å². The summed E-state index contributed by atoms with van der Waals surface area (Å²) < 4.78 is 9.03. The van der Waals surface area contributed by atoms with Crippen molar-refractivity contribution in [1.29, 1.82) is 0 Å². The maximum Gasteiger partial charge on any atom is 0.404 e. The Kier molecular flexibility index (Phi) is 18.7. The largest absolute Gasteiger partial charge is 0.466 e. The van der Waals surface area contributed by atoms with E-state index in [0.717, 1.165) is 6.42 Å². The van der Waals surface area contributed by atoms with Crippen molar-refractivity contribution < 1.29 is 19.1 Å². The number of carbonyl (C=O) groups is 2. The van der Waals surface area contributed by atoms with E-state index < -0.39 is 6.09 Å². The van der Waals surface area contributed by atoms with Gasteiger partial charge in [0, 0.05) is 6.42 Å². The van der Waals surface area contributed by atoms with Crippen LogP contribution in [0.15, 0.2) is 0 Å². The topological polar surface area (TPSA) is 78.6 Å². The maximum atomic E-state index is 11.0. The molecule has 5 heteroatoms. The molecule has 0 saturated carbocycles. The van der Waals surface area contributed by atoms with Crippen LogP contribution in [0, 0.1) is 0 Å². The molecule has 1 amide bonds. The maximum absolute atomic E-state index is 11.0. The highest BCUT2D eigenvalue weighted by molar-refractivity contribution is 5.69. The number of unbranched alkanes of at least 4 members (excludes halogenated alkanes) is 6. The molecule has 5 nitrogen and oxygen atoms in total. The smallest absolute Gasteiger partial charge is 0.404 e. The fourth-order valence-corrected chi connectivity index (χ4v) is 1.60. The van der Waals surface area contributed by atoms with Gasteiger partial charge in [0.25, 0.3) is 0 Å². The van der Waals surface area contributed by atoms with E-state index in [0.29, 0.717) is 19.6 Å². The van der Waals surface area contributed by atoms with Gasteiger partial charge < -0.3 is 15.2 Å². The fraction of sp³-hybridized carbons (Fsp3) is 0.867. The van der Waals surface area contributed by atoms with Crippen LogP contribution in [-0.4, -0.2) is 25.3 Å². The fourth-order valence-electron chi connectivity index (χ4n) is 1.60. The van der Waals surface area contributed by atoms with E-state index in [-0.39, 0.29) is 5.97 Å². The van der Waals surface area contributed by atoms with Crippen LogP contribution in [0.25, 0.3) is 0 Å². The lowest BCUT2D eigenvalue weighted by molar-refractivity contribution is -0.143. The third-order valence-corrected chi connectivity index (χ3v) is 2.58. The highest BCUT2D eigenvalue weighted by atomic mass is 16.5. The summed E-state index contributed by atoms with van der Waals surface area (Å²) in [7, 11) is 0. The lowest BCUT2D eigenvalue weighted by Crippen LogP contribution is -2.11. The lowest BCUT2D eigenvalue weighted by atomic mass is 10.1. The Labute approximate surface area is 123 Å². The summed E-state index contributed by atoms with van der Waals surface area (Å²) in [5.74, 6) is -0.0407. The molecule has 0 aromatic heterocycles. The highest BCUT2D eigenvalue weighted by Gasteiger charge is 2.00. The first-order valence-corrected chi connectivity index (χ1v) is 7.66. The Morgan fingerprint density at radius 1 is 0.800 bits per heavy atom. The molecule has 0 aliphatic carbocycles.